The molecule has 3 rings (SSSR count). The standard InChI is InChI=1S/C14H15ClN6O/c1-3-9-11(15)10-12(19-9)20-14(21-13(10)22-4-2)18-8-5-16-7-17-6-8/h5-7H,3-4H2,1-2H3,(H2,18,19,20,21). The Morgan fingerprint density at radius 3 is 2.68 bits per heavy atom. The van der Waals surface area contributed by atoms with Crippen molar-refractivity contribution in [3.8, 4) is 5.88 Å². The molecule has 3 aromatic heterocycles. The van der Waals surface area contributed by atoms with E-state index in [4.69, 9.17) is 16.3 Å². The molecular weight excluding hydrogens is 304 g/mol. The minimum Gasteiger partial charge on any atom is -0.477 e. The van der Waals surface area contributed by atoms with Crippen LogP contribution in [0.25, 0.3) is 11.0 Å². The molecule has 22 heavy (non-hydrogen) atoms. The summed E-state index contributed by atoms with van der Waals surface area (Å²) in [6.45, 7) is 4.40. The first-order chi connectivity index (χ1) is 10.7. The van der Waals surface area contributed by atoms with Crippen LogP contribution in [-0.2, 0) is 6.42 Å². The molecule has 0 saturated carbocycles. The van der Waals surface area contributed by atoms with Crippen LogP contribution >= 0.6 is 11.6 Å². The molecule has 7 nitrogen and oxygen atoms in total. The number of aromatic nitrogens is 5. The molecule has 8 heteroatoms. The Kier molecular flexibility index (Phi) is 4.06. The summed E-state index contributed by atoms with van der Waals surface area (Å²) in [6, 6.07) is 0. The van der Waals surface area contributed by atoms with Crippen molar-refractivity contribution in [1.82, 2.24) is 24.9 Å². The van der Waals surface area contributed by atoms with Gasteiger partial charge in [0.05, 0.1) is 35.1 Å². The Hall–Kier alpha value is -2.41. The normalized spacial score (nSPS) is 10.9. The van der Waals surface area contributed by atoms with Crippen LogP contribution in [0.1, 0.15) is 19.5 Å². The number of fused-ring (bicyclic) bond motifs is 1. The topological polar surface area (TPSA) is 88.6 Å². The third-order valence-electron chi connectivity index (χ3n) is 3.08. The average molecular weight is 319 g/mol. The quantitative estimate of drug-likeness (QED) is 0.751. The minimum absolute atomic E-state index is 0.395. The Labute approximate surface area is 132 Å². The van der Waals surface area contributed by atoms with Crippen LogP contribution in [0, 0.1) is 0 Å². The fraction of sp³-hybridized carbons (Fsp3) is 0.286. The summed E-state index contributed by atoms with van der Waals surface area (Å²) in [6.07, 6.45) is 5.51. The molecule has 3 heterocycles. The van der Waals surface area contributed by atoms with Crippen LogP contribution in [0.15, 0.2) is 18.7 Å². The molecule has 0 aromatic carbocycles. The second kappa shape index (κ2) is 6.15. The van der Waals surface area contributed by atoms with Crippen molar-refractivity contribution < 1.29 is 4.74 Å². The fourth-order valence-electron chi connectivity index (χ4n) is 2.11. The van der Waals surface area contributed by atoms with Crippen molar-refractivity contribution in [3.63, 3.8) is 0 Å². The Morgan fingerprint density at radius 2 is 2.00 bits per heavy atom. The zero-order valence-corrected chi connectivity index (χ0v) is 13.0. The highest BCUT2D eigenvalue weighted by Crippen LogP contribution is 2.34. The van der Waals surface area contributed by atoms with Crippen molar-refractivity contribution in [3.05, 3.63) is 29.4 Å². The lowest BCUT2D eigenvalue weighted by Crippen LogP contribution is -2.02. The maximum Gasteiger partial charge on any atom is 0.232 e. The number of ether oxygens (including phenoxy) is 1. The van der Waals surface area contributed by atoms with Crippen LogP contribution in [0.4, 0.5) is 11.6 Å². The van der Waals surface area contributed by atoms with Gasteiger partial charge in [-0.2, -0.15) is 9.97 Å². The minimum atomic E-state index is 0.395. The van der Waals surface area contributed by atoms with Crippen LogP contribution < -0.4 is 10.1 Å². The number of rotatable bonds is 5. The number of nitrogens with zero attached hydrogens (tertiary/aromatic N) is 4. The summed E-state index contributed by atoms with van der Waals surface area (Å²) in [7, 11) is 0. The molecule has 0 bridgehead atoms. The zero-order chi connectivity index (χ0) is 15.5. The molecular formula is C14H15ClN6O. The largest absolute Gasteiger partial charge is 0.477 e. The molecule has 0 aliphatic carbocycles. The molecule has 0 aliphatic heterocycles. The molecule has 0 radical (unpaired) electrons. The van der Waals surface area contributed by atoms with Gasteiger partial charge < -0.3 is 15.0 Å². The number of nitrogens with one attached hydrogen (secondary N) is 2. The summed E-state index contributed by atoms with van der Waals surface area (Å²) < 4.78 is 5.61. The number of aryl methyl sites for hydroxylation is 1. The van der Waals surface area contributed by atoms with Crippen molar-refractivity contribution in [2.75, 3.05) is 11.9 Å². The average Bonchev–Trinajstić information content (AvgIpc) is 2.85. The predicted octanol–water partition coefficient (Wildman–Crippen LogP) is 3.11. The Balaban J connectivity index is 2.08. The van der Waals surface area contributed by atoms with E-state index in [2.05, 4.69) is 30.2 Å². The van der Waals surface area contributed by atoms with E-state index >= 15 is 0 Å². The van der Waals surface area contributed by atoms with Crippen LogP contribution in [0.2, 0.25) is 5.02 Å². The van der Waals surface area contributed by atoms with Gasteiger partial charge in [0.2, 0.25) is 11.8 Å². The number of halogens is 1. The lowest BCUT2D eigenvalue weighted by molar-refractivity contribution is 0.331. The number of anilines is 2. The predicted molar refractivity (Wildman–Crippen MR) is 84.8 cm³/mol. The molecule has 0 aliphatic rings. The van der Waals surface area contributed by atoms with Gasteiger partial charge in [-0.05, 0) is 13.3 Å². The lowest BCUT2D eigenvalue weighted by atomic mass is 10.3. The van der Waals surface area contributed by atoms with E-state index in [1.807, 2.05) is 13.8 Å². The van der Waals surface area contributed by atoms with Gasteiger partial charge in [0, 0.05) is 5.69 Å². The first-order valence-electron chi connectivity index (χ1n) is 6.95. The molecule has 2 N–H and O–H groups in total. The van der Waals surface area contributed by atoms with Gasteiger partial charge in [0.25, 0.3) is 0 Å². The van der Waals surface area contributed by atoms with Crippen LogP contribution in [0.5, 0.6) is 5.88 Å². The highest BCUT2D eigenvalue weighted by Gasteiger charge is 2.17. The summed E-state index contributed by atoms with van der Waals surface area (Å²) in [5.74, 6) is 0.846. The monoisotopic (exact) mass is 318 g/mol. The van der Waals surface area contributed by atoms with E-state index in [9.17, 15) is 0 Å². The second-order valence-corrected chi connectivity index (χ2v) is 4.91. The summed E-state index contributed by atoms with van der Waals surface area (Å²) in [5, 5.41) is 4.36. The van der Waals surface area contributed by atoms with E-state index in [0.29, 0.717) is 40.2 Å². The van der Waals surface area contributed by atoms with Crippen LogP contribution in [-0.4, -0.2) is 31.5 Å². The van der Waals surface area contributed by atoms with Crippen molar-refractivity contribution in [2.24, 2.45) is 0 Å². The molecule has 0 spiro atoms. The SMILES string of the molecule is CCOc1nc(Nc2cncnc2)nc2[nH]c(CC)c(Cl)c12. The van der Waals surface area contributed by atoms with Gasteiger partial charge in [-0.1, -0.05) is 18.5 Å². The highest BCUT2D eigenvalue weighted by atomic mass is 35.5. The van der Waals surface area contributed by atoms with Gasteiger partial charge in [-0.3, -0.25) is 0 Å². The molecule has 0 fully saturated rings. The third kappa shape index (κ3) is 2.67. The number of hydrogen-bond acceptors (Lipinski definition) is 6. The molecule has 0 amide bonds. The molecule has 0 unspecified atom stereocenters. The smallest absolute Gasteiger partial charge is 0.232 e. The van der Waals surface area contributed by atoms with Crippen molar-refractivity contribution in [2.45, 2.75) is 20.3 Å². The van der Waals surface area contributed by atoms with E-state index in [0.717, 1.165) is 12.1 Å². The zero-order valence-electron chi connectivity index (χ0n) is 12.2. The number of hydrogen-bond donors (Lipinski definition) is 2. The van der Waals surface area contributed by atoms with Gasteiger partial charge in [0.15, 0.2) is 0 Å². The number of aromatic amines is 1. The van der Waals surface area contributed by atoms with Crippen molar-refractivity contribution in [1.29, 1.82) is 0 Å². The first kappa shape index (κ1) is 14.5. The van der Waals surface area contributed by atoms with Gasteiger partial charge in [0.1, 0.15) is 12.0 Å². The summed E-state index contributed by atoms with van der Waals surface area (Å²) >= 11 is 6.38. The van der Waals surface area contributed by atoms with E-state index < -0.39 is 0 Å². The lowest BCUT2D eigenvalue weighted by Gasteiger charge is -2.08. The summed E-state index contributed by atoms with van der Waals surface area (Å²) in [5.41, 5.74) is 2.24. The van der Waals surface area contributed by atoms with Gasteiger partial charge in [-0.25, -0.2) is 9.97 Å². The molecule has 0 saturated heterocycles. The summed E-state index contributed by atoms with van der Waals surface area (Å²) in [4.78, 5) is 19.9. The Morgan fingerprint density at radius 1 is 1.23 bits per heavy atom. The second-order valence-electron chi connectivity index (χ2n) is 4.53. The molecule has 0 atom stereocenters. The Bertz CT molecular complexity index is 789. The highest BCUT2D eigenvalue weighted by molar-refractivity contribution is 6.36. The van der Waals surface area contributed by atoms with E-state index in [-0.39, 0.29) is 0 Å². The van der Waals surface area contributed by atoms with Crippen molar-refractivity contribution >= 4 is 34.3 Å². The van der Waals surface area contributed by atoms with Gasteiger partial charge >= 0.3 is 0 Å². The van der Waals surface area contributed by atoms with E-state index in [1.54, 1.807) is 12.4 Å². The molecule has 114 valence electrons. The fourth-order valence-corrected chi connectivity index (χ4v) is 2.46. The first-order valence-corrected chi connectivity index (χ1v) is 7.33. The molecule has 3 aromatic rings. The third-order valence-corrected chi connectivity index (χ3v) is 3.50. The maximum absolute atomic E-state index is 6.38. The number of H-pyrrole nitrogens is 1. The van der Waals surface area contributed by atoms with Gasteiger partial charge in [-0.15, -0.1) is 0 Å². The van der Waals surface area contributed by atoms with E-state index in [1.165, 1.54) is 6.33 Å². The van der Waals surface area contributed by atoms with Crippen LogP contribution in [0.3, 0.4) is 0 Å². The maximum atomic E-state index is 6.38.